The molecule has 1 aliphatic carbocycles. The Kier molecular flexibility index (Phi) is 3.43. The Balaban J connectivity index is 1.68. The normalized spacial score (nSPS) is 30.3. The highest BCUT2D eigenvalue weighted by Crippen LogP contribution is 2.40. The van der Waals surface area contributed by atoms with E-state index in [4.69, 9.17) is 5.73 Å². The molecule has 4 rings (SSSR count). The van der Waals surface area contributed by atoms with E-state index in [2.05, 4.69) is 35.0 Å². The molecule has 3 heteroatoms. The zero-order chi connectivity index (χ0) is 14.4. The second kappa shape index (κ2) is 5.29. The summed E-state index contributed by atoms with van der Waals surface area (Å²) in [5, 5.41) is 0. The van der Waals surface area contributed by atoms with Crippen LogP contribution in [0, 0.1) is 0 Å². The van der Waals surface area contributed by atoms with Gasteiger partial charge in [-0.05, 0) is 55.8 Å². The minimum Gasteiger partial charge on any atom is -0.374 e. The molecule has 0 amide bonds. The van der Waals surface area contributed by atoms with E-state index >= 15 is 0 Å². The van der Waals surface area contributed by atoms with E-state index in [0.29, 0.717) is 12.1 Å². The van der Waals surface area contributed by atoms with E-state index in [1.54, 1.807) is 0 Å². The van der Waals surface area contributed by atoms with Crippen LogP contribution in [0.4, 0.5) is 5.69 Å². The summed E-state index contributed by atoms with van der Waals surface area (Å²) in [5.74, 6) is 0. The van der Waals surface area contributed by atoms with E-state index in [1.165, 1.54) is 61.9 Å². The van der Waals surface area contributed by atoms with Crippen LogP contribution in [0.5, 0.6) is 0 Å². The van der Waals surface area contributed by atoms with E-state index in [1.807, 2.05) is 0 Å². The molecule has 2 unspecified atom stereocenters. The standard InChI is InChI=1S/C18H27N3/c1-20-11-9-13-12-14(5-8-17(13)20)18-16(19)4-2-3-10-21(18)15-6-7-15/h5,8,12,15-16,18H,2-4,6-7,9-11,19H2,1H3. The average molecular weight is 285 g/mol. The van der Waals surface area contributed by atoms with Crippen molar-refractivity contribution in [2.75, 3.05) is 25.0 Å². The zero-order valence-corrected chi connectivity index (χ0v) is 13.1. The number of likely N-dealkylation sites (tertiary alicyclic amines) is 1. The monoisotopic (exact) mass is 285 g/mol. The molecule has 2 aliphatic heterocycles. The molecule has 21 heavy (non-hydrogen) atoms. The van der Waals surface area contributed by atoms with Gasteiger partial charge in [-0.2, -0.15) is 0 Å². The number of rotatable bonds is 2. The lowest BCUT2D eigenvalue weighted by Crippen LogP contribution is -2.41. The summed E-state index contributed by atoms with van der Waals surface area (Å²) < 4.78 is 0. The molecular formula is C18H27N3. The van der Waals surface area contributed by atoms with Crippen LogP contribution >= 0.6 is 0 Å². The van der Waals surface area contributed by atoms with Crippen molar-refractivity contribution in [3.05, 3.63) is 29.3 Å². The van der Waals surface area contributed by atoms with Crippen LogP contribution in [0.2, 0.25) is 0 Å². The lowest BCUT2D eigenvalue weighted by atomic mass is 9.94. The number of likely N-dealkylation sites (N-methyl/N-ethyl adjacent to an activating group) is 1. The van der Waals surface area contributed by atoms with Gasteiger partial charge in [-0.15, -0.1) is 0 Å². The lowest BCUT2D eigenvalue weighted by Gasteiger charge is -2.34. The summed E-state index contributed by atoms with van der Waals surface area (Å²) in [4.78, 5) is 5.09. The van der Waals surface area contributed by atoms with Crippen molar-refractivity contribution in [1.29, 1.82) is 0 Å². The zero-order valence-electron chi connectivity index (χ0n) is 13.1. The van der Waals surface area contributed by atoms with Crippen molar-refractivity contribution in [3.8, 4) is 0 Å². The topological polar surface area (TPSA) is 32.5 Å². The second-order valence-corrected chi connectivity index (χ2v) is 7.13. The minimum atomic E-state index is 0.297. The van der Waals surface area contributed by atoms with Crippen molar-refractivity contribution < 1.29 is 0 Å². The molecule has 1 aromatic carbocycles. The SMILES string of the molecule is CN1CCc2cc(C3C(N)CCCCN3C3CC3)ccc21. The maximum absolute atomic E-state index is 6.59. The van der Waals surface area contributed by atoms with Gasteiger partial charge in [-0.25, -0.2) is 0 Å². The van der Waals surface area contributed by atoms with Gasteiger partial charge < -0.3 is 10.6 Å². The van der Waals surface area contributed by atoms with Crippen LogP contribution in [-0.4, -0.2) is 37.1 Å². The van der Waals surface area contributed by atoms with Gasteiger partial charge in [0.1, 0.15) is 0 Å². The second-order valence-electron chi connectivity index (χ2n) is 7.13. The highest BCUT2D eigenvalue weighted by Gasteiger charge is 2.38. The van der Waals surface area contributed by atoms with Gasteiger partial charge in [0.05, 0.1) is 6.04 Å². The Hall–Kier alpha value is -1.06. The molecule has 1 aromatic rings. The molecule has 0 spiro atoms. The van der Waals surface area contributed by atoms with E-state index in [0.717, 1.165) is 12.6 Å². The van der Waals surface area contributed by atoms with Crippen LogP contribution in [0.3, 0.4) is 0 Å². The third-order valence-electron chi connectivity index (χ3n) is 5.56. The molecule has 114 valence electrons. The van der Waals surface area contributed by atoms with Crippen LogP contribution in [0.1, 0.15) is 49.3 Å². The number of hydrogen-bond acceptors (Lipinski definition) is 3. The Morgan fingerprint density at radius 1 is 1.10 bits per heavy atom. The summed E-state index contributed by atoms with van der Waals surface area (Å²) in [6.45, 7) is 2.39. The van der Waals surface area contributed by atoms with Gasteiger partial charge in [0.15, 0.2) is 0 Å². The first kappa shape index (κ1) is 13.6. The van der Waals surface area contributed by atoms with Crippen LogP contribution in [0.25, 0.3) is 0 Å². The van der Waals surface area contributed by atoms with Crippen molar-refractivity contribution in [3.63, 3.8) is 0 Å². The molecular weight excluding hydrogens is 258 g/mol. The molecule has 2 heterocycles. The third kappa shape index (κ3) is 2.47. The maximum atomic E-state index is 6.59. The van der Waals surface area contributed by atoms with Crippen LogP contribution in [-0.2, 0) is 6.42 Å². The van der Waals surface area contributed by atoms with E-state index in [9.17, 15) is 0 Å². The molecule has 0 bridgehead atoms. The van der Waals surface area contributed by atoms with Gasteiger partial charge in [-0.3, -0.25) is 4.90 Å². The average Bonchev–Trinajstić information content (AvgIpc) is 3.27. The van der Waals surface area contributed by atoms with Crippen molar-refractivity contribution in [2.24, 2.45) is 5.73 Å². The Morgan fingerprint density at radius 2 is 1.95 bits per heavy atom. The molecule has 1 saturated heterocycles. The molecule has 0 aromatic heterocycles. The van der Waals surface area contributed by atoms with Gasteiger partial charge in [-0.1, -0.05) is 18.6 Å². The number of hydrogen-bond donors (Lipinski definition) is 1. The van der Waals surface area contributed by atoms with E-state index < -0.39 is 0 Å². The van der Waals surface area contributed by atoms with Crippen molar-refractivity contribution in [1.82, 2.24) is 4.90 Å². The quantitative estimate of drug-likeness (QED) is 0.907. The van der Waals surface area contributed by atoms with Gasteiger partial charge in [0, 0.05) is 31.4 Å². The van der Waals surface area contributed by atoms with Gasteiger partial charge in [0.2, 0.25) is 0 Å². The summed E-state index contributed by atoms with van der Waals surface area (Å²) in [6, 6.07) is 8.65. The Bertz CT molecular complexity index is 523. The predicted octanol–water partition coefficient (Wildman–Crippen LogP) is 2.70. The molecule has 2 fully saturated rings. The first-order valence-corrected chi connectivity index (χ1v) is 8.59. The molecule has 3 nitrogen and oxygen atoms in total. The molecule has 1 saturated carbocycles. The number of benzene rings is 1. The predicted molar refractivity (Wildman–Crippen MR) is 87.7 cm³/mol. The molecule has 2 atom stereocenters. The van der Waals surface area contributed by atoms with Crippen LogP contribution in [0.15, 0.2) is 18.2 Å². The van der Waals surface area contributed by atoms with Gasteiger partial charge in [0.25, 0.3) is 0 Å². The number of nitrogens with zero attached hydrogens (tertiary/aromatic N) is 2. The number of anilines is 1. The summed E-state index contributed by atoms with van der Waals surface area (Å²) in [6.07, 6.45) is 7.70. The Morgan fingerprint density at radius 3 is 2.76 bits per heavy atom. The first-order valence-electron chi connectivity index (χ1n) is 8.59. The lowest BCUT2D eigenvalue weighted by molar-refractivity contribution is 0.175. The van der Waals surface area contributed by atoms with Gasteiger partial charge >= 0.3 is 0 Å². The maximum Gasteiger partial charge on any atom is 0.0502 e. The third-order valence-corrected chi connectivity index (χ3v) is 5.56. The van der Waals surface area contributed by atoms with Crippen molar-refractivity contribution >= 4 is 5.69 Å². The highest BCUT2D eigenvalue weighted by molar-refractivity contribution is 5.58. The Labute approximate surface area is 128 Å². The minimum absolute atomic E-state index is 0.297. The largest absolute Gasteiger partial charge is 0.374 e. The summed E-state index contributed by atoms with van der Waals surface area (Å²) in [5.41, 5.74) is 11.0. The number of nitrogens with two attached hydrogens (primary N) is 1. The number of fused-ring (bicyclic) bond motifs is 1. The first-order chi connectivity index (χ1) is 10.2. The molecule has 2 N–H and O–H groups in total. The fourth-order valence-electron chi connectivity index (χ4n) is 4.24. The summed E-state index contributed by atoms with van der Waals surface area (Å²) in [7, 11) is 2.19. The van der Waals surface area contributed by atoms with Crippen LogP contribution < -0.4 is 10.6 Å². The molecule has 3 aliphatic rings. The molecule has 0 radical (unpaired) electrons. The van der Waals surface area contributed by atoms with Crippen molar-refractivity contribution in [2.45, 2.75) is 56.7 Å². The smallest absolute Gasteiger partial charge is 0.0502 e. The fraction of sp³-hybridized carbons (Fsp3) is 0.667. The summed E-state index contributed by atoms with van der Waals surface area (Å²) >= 11 is 0. The highest BCUT2D eigenvalue weighted by atomic mass is 15.2. The van der Waals surface area contributed by atoms with E-state index in [-0.39, 0.29) is 0 Å². The fourth-order valence-corrected chi connectivity index (χ4v) is 4.24.